The first-order valence-electron chi connectivity index (χ1n) is 6.11. The van der Waals surface area contributed by atoms with Gasteiger partial charge >= 0.3 is 6.18 Å². The zero-order valence-electron chi connectivity index (χ0n) is 10.6. The van der Waals surface area contributed by atoms with Crippen LogP contribution in [0.25, 0.3) is 0 Å². The number of halogens is 6. The molecule has 1 aliphatic heterocycles. The van der Waals surface area contributed by atoms with Crippen LogP contribution in [0, 0.1) is 11.6 Å². The largest absolute Gasteiger partial charge is 0.506 e. The lowest BCUT2D eigenvalue weighted by molar-refractivity contribution is -0.189. The van der Waals surface area contributed by atoms with E-state index < -0.39 is 35.2 Å². The molecule has 0 unspecified atom stereocenters. The van der Waals surface area contributed by atoms with E-state index in [9.17, 15) is 27.1 Å². The topological polar surface area (TPSA) is 35.5 Å². The van der Waals surface area contributed by atoms with Gasteiger partial charge in [0.15, 0.2) is 11.6 Å². The molecule has 9 heteroatoms. The molecule has 0 aromatic heterocycles. The fourth-order valence-electron chi connectivity index (χ4n) is 2.35. The standard InChI is InChI=1S/C12H12BrF5N2O/c13-6-5-7(14)9(15)8(10(6)21)11(12(16,17)18)20-3-1-19-2-4-20/h5,11,19,21H,1-4H2/t11-/m1/s1. The summed E-state index contributed by atoms with van der Waals surface area (Å²) in [5, 5.41) is 12.6. The van der Waals surface area contributed by atoms with Crippen molar-refractivity contribution < 1.29 is 27.1 Å². The summed E-state index contributed by atoms with van der Waals surface area (Å²) in [7, 11) is 0. The van der Waals surface area contributed by atoms with E-state index in [0.717, 1.165) is 4.90 Å². The summed E-state index contributed by atoms with van der Waals surface area (Å²) in [5.74, 6) is -4.06. The van der Waals surface area contributed by atoms with Gasteiger partial charge in [0.1, 0.15) is 11.8 Å². The van der Waals surface area contributed by atoms with Gasteiger partial charge in [-0.2, -0.15) is 13.2 Å². The quantitative estimate of drug-likeness (QED) is 0.617. The molecule has 1 fully saturated rings. The molecular weight excluding hydrogens is 363 g/mol. The molecular formula is C12H12BrF5N2O. The third kappa shape index (κ3) is 3.29. The summed E-state index contributed by atoms with van der Waals surface area (Å²) in [5.41, 5.74) is -1.09. The van der Waals surface area contributed by atoms with Crippen molar-refractivity contribution in [1.29, 1.82) is 0 Å². The van der Waals surface area contributed by atoms with Crippen LogP contribution in [0.5, 0.6) is 5.75 Å². The maximum atomic E-state index is 13.9. The van der Waals surface area contributed by atoms with Gasteiger partial charge in [-0.25, -0.2) is 8.78 Å². The number of alkyl halides is 3. The molecule has 0 bridgehead atoms. The summed E-state index contributed by atoms with van der Waals surface area (Å²) in [6, 6.07) is -1.80. The minimum atomic E-state index is -4.84. The normalized spacial score (nSPS) is 18.8. The van der Waals surface area contributed by atoms with Crippen LogP contribution in [0.1, 0.15) is 11.6 Å². The van der Waals surface area contributed by atoms with Crippen molar-refractivity contribution in [3.8, 4) is 5.75 Å². The second-order valence-corrected chi connectivity index (χ2v) is 5.50. The number of phenols is 1. The molecule has 2 N–H and O–H groups in total. The molecule has 0 radical (unpaired) electrons. The lowest BCUT2D eigenvalue weighted by Gasteiger charge is -2.36. The molecule has 0 saturated carbocycles. The minimum absolute atomic E-state index is 0.0111. The molecule has 118 valence electrons. The van der Waals surface area contributed by atoms with Gasteiger partial charge in [0.05, 0.1) is 10.0 Å². The van der Waals surface area contributed by atoms with Crippen molar-refractivity contribution in [2.24, 2.45) is 0 Å². The predicted molar refractivity (Wildman–Crippen MR) is 69.0 cm³/mol. The minimum Gasteiger partial charge on any atom is -0.506 e. The van der Waals surface area contributed by atoms with E-state index in [4.69, 9.17) is 0 Å². The Hall–Kier alpha value is -0.930. The maximum Gasteiger partial charge on any atom is 0.408 e. The van der Waals surface area contributed by atoms with Gasteiger partial charge in [-0.15, -0.1) is 0 Å². The first-order chi connectivity index (χ1) is 9.73. The molecule has 0 aliphatic carbocycles. The van der Waals surface area contributed by atoms with E-state index in [-0.39, 0.29) is 17.6 Å². The number of benzene rings is 1. The van der Waals surface area contributed by atoms with Crippen molar-refractivity contribution in [1.82, 2.24) is 10.2 Å². The van der Waals surface area contributed by atoms with Crippen LogP contribution in [0.2, 0.25) is 0 Å². The van der Waals surface area contributed by atoms with Crippen LogP contribution in [0.3, 0.4) is 0 Å². The van der Waals surface area contributed by atoms with Crippen molar-refractivity contribution in [2.45, 2.75) is 12.2 Å². The first-order valence-corrected chi connectivity index (χ1v) is 6.90. The number of phenolic OH excluding ortho intramolecular Hbond substituents is 1. The number of hydrogen-bond acceptors (Lipinski definition) is 3. The molecule has 1 atom stereocenters. The van der Waals surface area contributed by atoms with E-state index in [1.807, 2.05) is 0 Å². The summed E-state index contributed by atoms with van der Waals surface area (Å²) in [4.78, 5) is 0.973. The van der Waals surface area contributed by atoms with E-state index in [2.05, 4.69) is 21.2 Å². The molecule has 1 aliphatic rings. The average Bonchev–Trinajstić information content (AvgIpc) is 2.41. The summed E-state index contributed by atoms with van der Waals surface area (Å²) in [6.07, 6.45) is -4.84. The second-order valence-electron chi connectivity index (χ2n) is 4.65. The molecule has 1 heterocycles. The fraction of sp³-hybridized carbons (Fsp3) is 0.500. The highest BCUT2D eigenvalue weighted by molar-refractivity contribution is 9.10. The van der Waals surface area contributed by atoms with Crippen LogP contribution in [0.15, 0.2) is 10.5 Å². The summed E-state index contributed by atoms with van der Waals surface area (Å²) in [6.45, 7) is 0.616. The third-order valence-corrected chi connectivity index (χ3v) is 3.89. The molecule has 0 amide bonds. The number of aromatic hydroxyl groups is 1. The van der Waals surface area contributed by atoms with E-state index in [1.165, 1.54) is 0 Å². The Bertz CT molecular complexity index is 505. The van der Waals surface area contributed by atoms with Crippen molar-refractivity contribution in [3.63, 3.8) is 0 Å². The van der Waals surface area contributed by atoms with Gasteiger partial charge in [-0.1, -0.05) is 0 Å². The van der Waals surface area contributed by atoms with Crippen LogP contribution >= 0.6 is 15.9 Å². The Morgan fingerprint density at radius 1 is 1.24 bits per heavy atom. The first kappa shape index (κ1) is 16.4. The molecule has 3 nitrogen and oxygen atoms in total. The van der Waals surface area contributed by atoms with E-state index in [0.29, 0.717) is 19.2 Å². The summed E-state index contributed by atoms with van der Waals surface area (Å²) < 4.78 is 67.0. The number of nitrogens with one attached hydrogen (secondary N) is 1. The van der Waals surface area contributed by atoms with Crippen molar-refractivity contribution in [2.75, 3.05) is 26.2 Å². The van der Waals surface area contributed by atoms with E-state index in [1.54, 1.807) is 0 Å². The fourth-order valence-corrected chi connectivity index (χ4v) is 2.76. The highest BCUT2D eigenvalue weighted by atomic mass is 79.9. The smallest absolute Gasteiger partial charge is 0.408 e. The monoisotopic (exact) mass is 374 g/mol. The third-order valence-electron chi connectivity index (χ3n) is 3.28. The zero-order valence-corrected chi connectivity index (χ0v) is 12.2. The van der Waals surface area contributed by atoms with Gasteiger partial charge in [0, 0.05) is 26.2 Å². The lowest BCUT2D eigenvalue weighted by Crippen LogP contribution is -2.49. The second kappa shape index (κ2) is 6.05. The van der Waals surface area contributed by atoms with Crippen LogP contribution in [0.4, 0.5) is 22.0 Å². The van der Waals surface area contributed by atoms with Gasteiger partial charge in [0.2, 0.25) is 0 Å². The highest BCUT2D eigenvalue weighted by Crippen LogP contribution is 2.45. The van der Waals surface area contributed by atoms with Crippen molar-refractivity contribution >= 4 is 15.9 Å². The van der Waals surface area contributed by atoms with Crippen LogP contribution < -0.4 is 5.32 Å². The molecule has 0 spiro atoms. The Morgan fingerprint density at radius 3 is 2.33 bits per heavy atom. The predicted octanol–water partition coefficient (Wildman–Crippen LogP) is 2.94. The Balaban J connectivity index is 2.56. The number of hydrogen-bond donors (Lipinski definition) is 2. The Labute approximate surface area is 125 Å². The Morgan fingerprint density at radius 2 is 1.81 bits per heavy atom. The van der Waals surface area contributed by atoms with E-state index >= 15 is 0 Å². The SMILES string of the molecule is Oc1c(Br)cc(F)c(F)c1[C@@H](N1CCNCC1)C(F)(F)F. The molecule has 1 saturated heterocycles. The number of nitrogens with zero attached hydrogens (tertiary/aromatic N) is 1. The maximum absolute atomic E-state index is 13.9. The molecule has 1 aromatic carbocycles. The molecule has 2 rings (SSSR count). The van der Waals surface area contributed by atoms with Gasteiger partial charge in [-0.05, 0) is 22.0 Å². The van der Waals surface area contributed by atoms with Crippen molar-refractivity contribution in [3.05, 3.63) is 27.7 Å². The number of piperazine rings is 1. The summed E-state index contributed by atoms with van der Waals surface area (Å²) >= 11 is 2.74. The Kier molecular flexibility index (Phi) is 4.74. The zero-order chi connectivity index (χ0) is 15.8. The van der Waals surface area contributed by atoms with Gasteiger partial charge in [-0.3, -0.25) is 4.90 Å². The van der Waals surface area contributed by atoms with Gasteiger partial charge < -0.3 is 10.4 Å². The number of rotatable bonds is 2. The lowest BCUT2D eigenvalue weighted by atomic mass is 10.0. The van der Waals surface area contributed by atoms with Crippen LogP contribution in [-0.2, 0) is 0 Å². The average molecular weight is 375 g/mol. The van der Waals surface area contributed by atoms with Crippen LogP contribution in [-0.4, -0.2) is 42.4 Å². The molecule has 1 aromatic rings. The molecule has 21 heavy (non-hydrogen) atoms. The van der Waals surface area contributed by atoms with Gasteiger partial charge in [0.25, 0.3) is 0 Å². The highest BCUT2D eigenvalue weighted by Gasteiger charge is 2.48.